The SMILES string of the molecule is CN(C)C1CCC2=CC3=CCC4(C)C(C(=O)Nc5cccnc5)=CC[C@H]4[C@@]34CC[C@]2(C1)O4. The third-order valence-electron chi connectivity index (χ3n) is 9.14. The van der Waals surface area contributed by atoms with Gasteiger partial charge in [0.25, 0.3) is 5.91 Å². The van der Waals surface area contributed by atoms with Crippen LogP contribution in [0.5, 0.6) is 0 Å². The molecule has 5 nitrogen and oxygen atoms in total. The summed E-state index contributed by atoms with van der Waals surface area (Å²) in [7, 11) is 4.39. The van der Waals surface area contributed by atoms with Crippen molar-refractivity contribution in [3.63, 3.8) is 0 Å². The van der Waals surface area contributed by atoms with Crippen LogP contribution in [0.3, 0.4) is 0 Å². The van der Waals surface area contributed by atoms with Crippen molar-refractivity contribution in [2.24, 2.45) is 11.3 Å². The van der Waals surface area contributed by atoms with E-state index < -0.39 is 0 Å². The molecule has 5 atom stereocenters. The lowest BCUT2D eigenvalue weighted by Crippen LogP contribution is -2.55. The number of aromatic nitrogens is 1. The zero-order chi connectivity index (χ0) is 22.1. The van der Waals surface area contributed by atoms with Gasteiger partial charge in [-0.3, -0.25) is 9.78 Å². The molecule has 1 amide bonds. The van der Waals surface area contributed by atoms with Gasteiger partial charge in [-0.25, -0.2) is 0 Å². The van der Waals surface area contributed by atoms with Crippen molar-refractivity contribution in [3.8, 4) is 0 Å². The number of carbonyl (C=O) groups excluding carboxylic acids is 1. The molecule has 5 heteroatoms. The second-order valence-corrected chi connectivity index (χ2v) is 10.9. The molecule has 1 N–H and O–H groups in total. The first-order valence-corrected chi connectivity index (χ1v) is 12.1. The normalized spacial score (nSPS) is 39.4. The van der Waals surface area contributed by atoms with E-state index in [4.69, 9.17) is 4.74 Å². The van der Waals surface area contributed by atoms with Gasteiger partial charge in [-0.2, -0.15) is 0 Å². The number of fused-ring (bicyclic) bond motifs is 1. The summed E-state index contributed by atoms with van der Waals surface area (Å²) in [5, 5.41) is 3.07. The van der Waals surface area contributed by atoms with Crippen molar-refractivity contribution < 1.29 is 9.53 Å². The molecule has 2 spiro atoms. The van der Waals surface area contributed by atoms with Crippen LogP contribution in [0.25, 0.3) is 0 Å². The molecule has 1 saturated heterocycles. The Hall–Kier alpha value is -2.24. The first-order chi connectivity index (χ1) is 15.4. The van der Waals surface area contributed by atoms with E-state index in [2.05, 4.69) is 54.4 Å². The second kappa shape index (κ2) is 6.88. The molecule has 5 aliphatic rings. The molecule has 6 rings (SSSR count). The van der Waals surface area contributed by atoms with Crippen molar-refractivity contribution in [2.75, 3.05) is 19.4 Å². The minimum absolute atomic E-state index is 0.00124. The number of nitrogens with zero attached hydrogens (tertiary/aromatic N) is 2. The molecule has 32 heavy (non-hydrogen) atoms. The van der Waals surface area contributed by atoms with E-state index >= 15 is 0 Å². The number of ether oxygens (including phenoxy) is 1. The van der Waals surface area contributed by atoms with Crippen molar-refractivity contribution >= 4 is 11.6 Å². The summed E-state index contributed by atoms with van der Waals surface area (Å²) in [4.78, 5) is 19.8. The predicted octanol–water partition coefficient (Wildman–Crippen LogP) is 4.64. The first-order valence-electron chi connectivity index (χ1n) is 12.1. The standard InChI is InChI=1S/C27H33N3O2/c1-25-11-10-19-15-18-6-7-21(30(2)3)16-26(18)12-13-27(19,32-26)23(25)9-8-22(25)24(31)29-20-5-4-14-28-17-20/h4-5,8,10,14-15,17,21,23H,6-7,9,11-13,16H2,1-3H3,(H,29,31)/t21?,23-,25?,26-,27-/m1/s1. The van der Waals surface area contributed by atoms with Crippen LogP contribution in [0.1, 0.15) is 51.9 Å². The van der Waals surface area contributed by atoms with Crippen LogP contribution in [-0.4, -0.2) is 47.1 Å². The third kappa shape index (κ3) is 2.70. The summed E-state index contributed by atoms with van der Waals surface area (Å²) in [5.74, 6) is 0.308. The quantitative estimate of drug-likeness (QED) is 0.757. The Kier molecular flexibility index (Phi) is 4.38. The fraction of sp³-hybridized carbons (Fsp3) is 0.556. The fourth-order valence-electron chi connectivity index (χ4n) is 7.39. The number of hydrogen-bond acceptors (Lipinski definition) is 4. The smallest absolute Gasteiger partial charge is 0.251 e. The van der Waals surface area contributed by atoms with E-state index in [-0.39, 0.29) is 22.5 Å². The second-order valence-electron chi connectivity index (χ2n) is 10.9. The molecular weight excluding hydrogens is 398 g/mol. The van der Waals surface area contributed by atoms with Crippen LogP contribution in [0.2, 0.25) is 0 Å². The van der Waals surface area contributed by atoms with Crippen LogP contribution in [0.4, 0.5) is 5.69 Å². The van der Waals surface area contributed by atoms with Crippen molar-refractivity contribution in [3.05, 3.63) is 59.5 Å². The molecule has 0 radical (unpaired) electrons. The molecule has 0 aromatic carbocycles. The summed E-state index contributed by atoms with van der Waals surface area (Å²) >= 11 is 0. The summed E-state index contributed by atoms with van der Waals surface area (Å²) in [6, 6.07) is 4.31. The van der Waals surface area contributed by atoms with Crippen molar-refractivity contribution in [2.45, 2.75) is 69.1 Å². The molecule has 2 fully saturated rings. The number of carbonyl (C=O) groups is 1. The Morgan fingerprint density at radius 3 is 2.94 bits per heavy atom. The molecule has 2 bridgehead atoms. The minimum atomic E-state index is -0.252. The zero-order valence-corrected chi connectivity index (χ0v) is 19.4. The minimum Gasteiger partial charge on any atom is -0.359 e. The Bertz CT molecular complexity index is 1060. The maximum atomic E-state index is 13.3. The van der Waals surface area contributed by atoms with Gasteiger partial charge in [0, 0.05) is 29.1 Å². The van der Waals surface area contributed by atoms with E-state index in [0.717, 1.165) is 49.8 Å². The van der Waals surface area contributed by atoms with Gasteiger partial charge in [-0.05, 0) is 82.3 Å². The lowest BCUT2D eigenvalue weighted by atomic mass is 9.59. The Labute approximate surface area is 190 Å². The predicted molar refractivity (Wildman–Crippen MR) is 125 cm³/mol. The molecule has 1 saturated carbocycles. The van der Waals surface area contributed by atoms with Crippen molar-refractivity contribution in [1.82, 2.24) is 9.88 Å². The maximum absolute atomic E-state index is 13.3. The zero-order valence-electron chi connectivity index (χ0n) is 19.4. The number of pyridine rings is 1. The first kappa shape index (κ1) is 20.4. The topological polar surface area (TPSA) is 54.5 Å². The molecule has 1 aromatic heterocycles. The van der Waals surface area contributed by atoms with E-state index in [1.807, 2.05) is 12.1 Å². The highest BCUT2D eigenvalue weighted by atomic mass is 16.5. The lowest BCUT2D eigenvalue weighted by molar-refractivity contribution is -0.137. The molecule has 1 aromatic rings. The van der Waals surface area contributed by atoms with Gasteiger partial charge in [-0.1, -0.05) is 25.2 Å². The molecule has 3 aliphatic carbocycles. The average Bonchev–Trinajstić information content (AvgIpc) is 3.29. The molecule has 168 valence electrons. The average molecular weight is 432 g/mol. The van der Waals surface area contributed by atoms with Gasteiger partial charge in [0.15, 0.2) is 0 Å². The van der Waals surface area contributed by atoms with Crippen LogP contribution < -0.4 is 5.32 Å². The number of amides is 1. The molecule has 2 unspecified atom stereocenters. The Morgan fingerprint density at radius 2 is 2.16 bits per heavy atom. The maximum Gasteiger partial charge on any atom is 0.251 e. The molecule has 3 heterocycles. The summed E-state index contributed by atoms with van der Waals surface area (Å²) in [6.07, 6.45) is 17.9. The Balaban J connectivity index is 1.32. The number of anilines is 1. The molecule has 2 aliphatic heterocycles. The Morgan fingerprint density at radius 1 is 1.28 bits per heavy atom. The summed E-state index contributed by atoms with van der Waals surface area (Å²) < 4.78 is 7.25. The van der Waals surface area contributed by atoms with Gasteiger partial charge in [-0.15, -0.1) is 0 Å². The lowest BCUT2D eigenvalue weighted by Gasteiger charge is -2.54. The van der Waals surface area contributed by atoms with Crippen LogP contribution >= 0.6 is 0 Å². The summed E-state index contributed by atoms with van der Waals surface area (Å²) in [5.41, 5.74) is 3.98. The van der Waals surface area contributed by atoms with Crippen LogP contribution in [0, 0.1) is 11.3 Å². The van der Waals surface area contributed by atoms with Gasteiger partial charge >= 0.3 is 0 Å². The van der Waals surface area contributed by atoms with Gasteiger partial charge in [0.1, 0.15) is 0 Å². The monoisotopic (exact) mass is 431 g/mol. The number of hydrogen-bond donors (Lipinski definition) is 1. The highest BCUT2D eigenvalue weighted by Gasteiger charge is 2.65. The van der Waals surface area contributed by atoms with Gasteiger partial charge in [0.2, 0.25) is 0 Å². The van der Waals surface area contributed by atoms with E-state index in [9.17, 15) is 4.79 Å². The number of allylic oxidation sites excluding steroid dienone is 2. The van der Waals surface area contributed by atoms with Crippen molar-refractivity contribution in [1.29, 1.82) is 0 Å². The fourth-order valence-corrected chi connectivity index (χ4v) is 7.39. The van der Waals surface area contributed by atoms with Crippen LogP contribution in [0.15, 0.2) is 59.5 Å². The highest BCUT2D eigenvalue weighted by Crippen LogP contribution is 2.66. The van der Waals surface area contributed by atoms with Gasteiger partial charge in [0.05, 0.1) is 23.1 Å². The van der Waals surface area contributed by atoms with E-state index in [1.165, 1.54) is 17.6 Å². The third-order valence-corrected chi connectivity index (χ3v) is 9.14. The van der Waals surface area contributed by atoms with E-state index in [1.54, 1.807) is 12.4 Å². The van der Waals surface area contributed by atoms with Crippen LogP contribution in [-0.2, 0) is 9.53 Å². The number of nitrogens with one attached hydrogen (secondary N) is 1. The molecular formula is C27H33N3O2. The number of rotatable bonds is 3. The van der Waals surface area contributed by atoms with Gasteiger partial charge < -0.3 is 15.0 Å². The van der Waals surface area contributed by atoms with E-state index in [0.29, 0.717) is 12.0 Å². The summed E-state index contributed by atoms with van der Waals surface area (Å²) in [6.45, 7) is 2.28. The highest BCUT2D eigenvalue weighted by molar-refractivity contribution is 6.05. The largest absolute Gasteiger partial charge is 0.359 e.